The van der Waals surface area contributed by atoms with Crippen molar-refractivity contribution in [1.82, 2.24) is 4.90 Å². The van der Waals surface area contributed by atoms with Crippen LogP contribution in [-0.4, -0.2) is 36.5 Å². The normalized spacial score (nSPS) is 10.7. The maximum absolute atomic E-state index is 12.4. The number of carbonyl (C=O) groups is 2. The van der Waals surface area contributed by atoms with Crippen LogP contribution in [0.5, 0.6) is 0 Å². The summed E-state index contributed by atoms with van der Waals surface area (Å²) in [6.07, 6.45) is 1.07. The highest BCUT2D eigenvalue weighted by Crippen LogP contribution is 2.16. The number of furan rings is 1. The van der Waals surface area contributed by atoms with Crippen LogP contribution >= 0.6 is 15.9 Å². The maximum atomic E-state index is 12.4. The lowest BCUT2D eigenvalue weighted by molar-refractivity contribution is -0.143. The molecule has 0 fully saturated rings. The van der Waals surface area contributed by atoms with E-state index in [4.69, 9.17) is 9.15 Å². The van der Waals surface area contributed by atoms with E-state index < -0.39 is 0 Å². The molecule has 1 aromatic heterocycles. The number of amides is 1. The molecule has 1 rings (SSSR count). The van der Waals surface area contributed by atoms with Gasteiger partial charge in [0.05, 0.1) is 13.0 Å². The lowest BCUT2D eigenvalue weighted by Gasteiger charge is -2.22. The number of esters is 1. The Hall–Kier alpha value is -1.30. The van der Waals surface area contributed by atoms with Gasteiger partial charge in [-0.05, 0) is 47.3 Å². The van der Waals surface area contributed by atoms with Gasteiger partial charge in [0.1, 0.15) is 0 Å². The van der Waals surface area contributed by atoms with E-state index in [2.05, 4.69) is 29.8 Å². The number of carbonyl (C=O) groups excluding carboxylic acids is 2. The first kappa shape index (κ1) is 17.8. The van der Waals surface area contributed by atoms with Crippen molar-refractivity contribution in [2.24, 2.45) is 5.92 Å². The van der Waals surface area contributed by atoms with Gasteiger partial charge in [-0.15, -0.1) is 0 Å². The highest BCUT2D eigenvalue weighted by molar-refractivity contribution is 9.10. The molecule has 0 saturated carbocycles. The molecule has 6 heteroatoms. The number of rotatable bonds is 8. The Labute approximate surface area is 133 Å². The van der Waals surface area contributed by atoms with E-state index in [0.717, 1.165) is 6.42 Å². The zero-order valence-electron chi connectivity index (χ0n) is 12.7. The maximum Gasteiger partial charge on any atom is 0.307 e. The summed E-state index contributed by atoms with van der Waals surface area (Å²) < 4.78 is 10.7. The second kappa shape index (κ2) is 8.87. The van der Waals surface area contributed by atoms with Crippen LogP contribution in [0.3, 0.4) is 0 Å². The predicted molar refractivity (Wildman–Crippen MR) is 83.0 cm³/mol. The average molecular weight is 360 g/mol. The Morgan fingerprint density at radius 3 is 2.57 bits per heavy atom. The molecule has 1 amide bonds. The molecule has 0 spiro atoms. The molecular formula is C15H22BrNO4. The summed E-state index contributed by atoms with van der Waals surface area (Å²) in [5, 5.41) is 0. The average Bonchev–Trinajstić information content (AvgIpc) is 2.85. The first-order valence-electron chi connectivity index (χ1n) is 7.14. The summed E-state index contributed by atoms with van der Waals surface area (Å²) in [5.41, 5.74) is 0. The van der Waals surface area contributed by atoms with Gasteiger partial charge in [-0.2, -0.15) is 0 Å². The molecule has 0 aliphatic carbocycles. The number of ether oxygens (including phenoxy) is 1. The van der Waals surface area contributed by atoms with E-state index in [1.165, 1.54) is 0 Å². The summed E-state index contributed by atoms with van der Waals surface area (Å²) >= 11 is 3.18. The third-order valence-corrected chi connectivity index (χ3v) is 3.36. The van der Waals surface area contributed by atoms with Crippen molar-refractivity contribution in [2.45, 2.75) is 33.6 Å². The Balaban J connectivity index is 2.67. The lowest BCUT2D eigenvalue weighted by Crippen LogP contribution is -2.34. The summed E-state index contributed by atoms with van der Waals surface area (Å²) in [7, 11) is 0. The Morgan fingerprint density at radius 1 is 1.33 bits per heavy atom. The summed E-state index contributed by atoms with van der Waals surface area (Å²) in [4.78, 5) is 25.5. The van der Waals surface area contributed by atoms with E-state index in [0.29, 0.717) is 30.3 Å². The molecule has 0 atom stereocenters. The molecule has 0 unspecified atom stereocenters. The molecule has 0 saturated heterocycles. The van der Waals surface area contributed by atoms with Gasteiger partial charge in [-0.1, -0.05) is 13.8 Å². The second-order valence-electron chi connectivity index (χ2n) is 5.13. The van der Waals surface area contributed by atoms with Gasteiger partial charge in [-0.3, -0.25) is 9.59 Å². The predicted octanol–water partition coefficient (Wildman–Crippen LogP) is 3.48. The molecule has 21 heavy (non-hydrogen) atoms. The molecule has 0 aliphatic rings. The Bertz CT molecular complexity index is 470. The van der Waals surface area contributed by atoms with E-state index >= 15 is 0 Å². The highest BCUT2D eigenvalue weighted by Gasteiger charge is 2.20. The van der Waals surface area contributed by atoms with Gasteiger partial charge in [0, 0.05) is 13.1 Å². The topological polar surface area (TPSA) is 59.8 Å². The summed E-state index contributed by atoms with van der Waals surface area (Å²) in [5.74, 6) is 0.256. The fourth-order valence-electron chi connectivity index (χ4n) is 1.77. The molecule has 0 radical (unpaired) electrons. The number of halogens is 1. The standard InChI is InChI=1S/C15H22BrNO4/c1-4-20-14(18)8-10-17(9-7-11(2)3)15(19)12-5-6-13(16)21-12/h5-6,11H,4,7-10H2,1-3H3. The molecule has 1 heterocycles. The molecule has 1 aromatic rings. The van der Waals surface area contributed by atoms with E-state index in [1.807, 2.05) is 0 Å². The highest BCUT2D eigenvalue weighted by atomic mass is 79.9. The Morgan fingerprint density at radius 2 is 2.05 bits per heavy atom. The smallest absolute Gasteiger partial charge is 0.307 e. The minimum Gasteiger partial charge on any atom is -0.466 e. The van der Waals surface area contributed by atoms with Crippen LogP contribution in [0.15, 0.2) is 21.2 Å². The molecule has 0 bridgehead atoms. The lowest BCUT2D eigenvalue weighted by atomic mass is 10.1. The van der Waals surface area contributed by atoms with Crippen molar-refractivity contribution < 1.29 is 18.7 Å². The quantitative estimate of drug-likeness (QED) is 0.666. The van der Waals surface area contributed by atoms with Crippen LogP contribution in [0.2, 0.25) is 0 Å². The third-order valence-electron chi connectivity index (χ3n) is 2.94. The minimum atomic E-state index is -0.291. The van der Waals surface area contributed by atoms with Crippen LogP contribution in [-0.2, 0) is 9.53 Å². The van der Waals surface area contributed by atoms with Gasteiger partial charge >= 0.3 is 5.97 Å². The zero-order chi connectivity index (χ0) is 15.8. The largest absolute Gasteiger partial charge is 0.466 e. The summed E-state index contributed by atoms with van der Waals surface area (Å²) in [6.45, 7) is 7.23. The van der Waals surface area contributed by atoms with Crippen molar-refractivity contribution >= 4 is 27.8 Å². The van der Waals surface area contributed by atoms with Gasteiger partial charge in [0.15, 0.2) is 10.4 Å². The van der Waals surface area contributed by atoms with E-state index in [1.54, 1.807) is 24.0 Å². The van der Waals surface area contributed by atoms with Crippen molar-refractivity contribution in [3.8, 4) is 0 Å². The van der Waals surface area contributed by atoms with Crippen LogP contribution in [0.1, 0.15) is 44.2 Å². The number of hydrogen-bond acceptors (Lipinski definition) is 4. The molecular weight excluding hydrogens is 338 g/mol. The van der Waals surface area contributed by atoms with Gasteiger partial charge in [0.25, 0.3) is 5.91 Å². The van der Waals surface area contributed by atoms with Crippen molar-refractivity contribution in [3.63, 3.8) is 0 Å². The van der Waals surface area contributed by atoms with Crippen LogP contribution in [0, 0.1) is 5.92 Å². The van der Waals surface area contributed by atoms with Gasteiger partial charge in [-0.25, -0.2) is 0 Å². The molecule has 0 N–H and O–H groups in total. The number of hydrogen-bond donors (Lipinski definition) is 0. The van der Waals surface area contributed by atoms with Crippen molar-refractivity contribution in [3.05, 3.63) is 22.6 Å². The van der Waals surface area contributed by atoms with E-state index in [-0.39, 0.29) is 24.1 Å². The SMILES string of the molecule is CCOC(=O)CCN(CCC(C)C)C(=O)c1ccc(Br)o1. The molecule has 118 valence electrons. The third kappa shape index (κ3) is 6.33. The minimum absolute atomic E-state index is 0.194. The van der Waals surface area contributed by atoms with Gasteiger partial charge in [0.2, 0.25) is 0 Å². The zero-order valence-corrected chi connectivity index (χ0v) is 14.3. The summed E-state index contributed by atoms with van der Waals surface area (Å²) in [6, 6.07) is 3.30. The van der Waals surface area contributed by atoms with Crippen LogP contribution in [0.25, 0.3) is 0 Å². The molecule has 0 aromatic carbocycles. The van der Waals surface area contributed by atoms with Crippen molar-refractivity contribution in [1.29, 1.82) is 0 Å². The number of nitrogens with zero attached hydrogens (tertiary/aromatic N) is 1. The second-order valence-corrected chi connectivity index (χ2v) is 5.92. The fraction of sp³-hybridized carbons (Fsp3) is 0.600. The monoisotopic (exact) mass is 359 g/mol. The van der Waals surface area contributed by atoms with E-state index in [9.17, 15) is 9.59 Å². The fourth-order valence-corrected chi connectivity index (χ4v) is 2.08. The first-order valence-corrected chi connectivity index (χ1v) is 7.93. The van der Waals surface area contributed by atoms with Crippen LogP contribution in [0.4, 0.5) is 0 Å². The Kier molecular flexibility index (Phi) is 7.50. The molecule has 5 nitrogen and oxygen atoms in total. The van der Waals surface area contributed by atoms with Gasteiger partial charge < -0.3 is 14.1 Å². The molecule has 0 aliphatic heterocycles. The first-order chi connectivity index (χ1) is 9.93. The van der Waals surface area contributed by atoms with Crippen LogP contribution < -0.4 is 0 Å². The van der Waals surface area contributed by atoms with Crippen molar-refractivity contribution in [2.75, 3.05) is 19.7 Å².